The number of halogens is 1. The summed E-state index contributed by atoms with van der Waals surface area (Å²) in [5.74, 6) is 0.968. The highest BCUT2D eigenvalue weighted by Crippen LogP contribution is 2.43. The molecule has 1 saturated heterocycles. The fourth-order valence-electron chi connectivity index (χ4n) is 6.70. The molecule has 37 heavy (non-hydrogen) atoms. The first kappa shape index (κ1) is 26.7. The minimum Gasteiger partial charge on any atom is -0.387 e. The fraction of sp³-hybridized carbons (Fsp3) is 0.621. The predicted octanol–water partition coefficient (Wildman–Crippen LogP) is 4.77. The molecule has 2 N–H and O–H groups in total. The Labute approximate surface area is 229 Å². The van der Waals surface area contributed by atoms with Crippen LogP contribution in [0.1, 0.15) is 87.6 Å². The number of anilines is 1. The zero-order valence-electron chi connectivity index (χ0n) is 22.2. The maximum atomic E-state index is 12.6. The van der Waals surface area contributed by atoms with Crippen LogP contribution in [0.15, 0.2) is 35.1 Å². The second-order valence-corrected chi connectivity index (χ2v) is 12.9. The number of nitrogens with one attached hydrogen (secondary N) is 1. The highest BCUT2D eigenvalue weighted by atomic mass is 79.9. The van der Waals surface area contributed by atoms with Gasteiger partial charge in [-0.3, -0.25) is 10.2 Å². The lowest BCUT2D eigenvalue weighted by atomic mass is 9.75. The van der Waals surface area contributed by atoms with Crippen molar-refractivity contribution in [1.82, 2.24) is 20.2 Å². The lowest BCUT2D eigenvalue weighted by Gasteiger charge is -2.45. The molecule has 1 aromatic heterocycles. The van der Waals surface area contributed by atoms with Crippen LogP contribution in [0.3, 0.4) is 0 Å². The number of hydrogen-bond acceptors (Lipinski definition) is 7. The number of rotatable bonds is 7. The van der Waals surface area contributed by atoms with E-state index in [4.69, 9.17) is 0 Å². The summed E-state index contributed by atoms with van der Waals surface area (Å²) >= 11 is 3.53. The smallest absolute Gasteiger partial charge is 0.135 e. The Kier molecular flexibility index (Phi) is 8.01. The normalized spacial score (nSPS) is 27.5. The van der Waals surface area contributed by atoms with Crippen molar-refractivity contribution in [1.29, 1.82) is 0 Å². The summed E-state index contributed by atoms with van der Waals surface area (Å²) in [5.41, 5.74) is 3.26. The van der Waals surface area contributed by atoms with Gasteiger partial charge >= 0.3 is 0 Å². The molecular weight excluding hydrogens is 530 g/mol. The number of aliphatic hydroxyl groups is 1. The largest absolute Gasteiger partial charge is 0.387 e. The van der Waals surface area contributed by atoms with Crippen molar-refractivity contribution < 1.29 is 9.90 Å². The number of nitrogens with zero attached hydrogens (tertiary/aromatic N) is 4. The molecule has 8 heteroatoms. The summed E-state index contributed by atoms with van der Waals surface area (Å²) in [6, 6.07) is 8.58. The Balaban J connectivity index is 1.36. The lowest BCUT2D eigenvalue weighted by molar-refractivity contribution is -0.111. The second kappa shape index (κ2) is 11.1. The summed E-state index contributed by atoms with van der Waals surface area (Å²) in [6.07, 6.45) is 7.62. The second-order valence-electron chi connectivity index (χ2n) is 12.0. The molecule has 2 fully saturated rings. The molecule has 0 spiro atoms. The van der Waals surface area contributed by atoms with Crippen LogP contribution in [0, 0.1) is 5.41 Å². The number of aromatic nitrogens is 2. The molecule has 3 aliphatic rings. The lowest BCUT2D eigenvalue weighted by Crippen LogP contribution is -2.59. The van der Waals surface area contributed by atoms with E-state index in [-0.39, 0.29) is 18.0 Å². The maximum Gasteiger partial charge on any atom is 0.135 e. The van der Waals surface area contributed by atoms with Gasteiger partial charge in [0.2, 0.25) is 0 Å². The summed E-state index contributed by atoms with van der Waals surface area (Å²) in [4.78, 5) is 26.4. The summed E-state index contributed by atoms with van der Waals surface area (Å²) in [5, 5.41) is 14.4. The van der Waals surface area contributed by atoms with E-state index in [1.54, 1.807) is 6.33 Å². The van der Waals surface area contributed by atoms with Crippen LogP contribution in [0.25, 0.3) is 0 Å². The molecule has 2 aromatic rings. The topological polar surface area (TPSA) is 81.6 Å². The van der Waals surface area contributed by atoms with Crippen LogP contribution in [-0.2, 0) is 4.79 Å². The number of benzene rings is 1. The molecule has 0 bridgehead atoms. The van der Waals surface area contributed by atoms with Gasteiger partial charge in [0.15, 0.2) is 0 Å². The molecular formula is C29H40BrN5O2. The van der Waals surface area contributed by atoms with Crippen molar-refractivity contribution in [3.05, 3.63) is 51.9 Å². The standard InChI is InChI=1S/C29H40BrN5O2/c1-19-15-24(37)26-25(19)28(32-18-31-26)35-13-11-34(12-14-35)27(33-22-5-4-10-29(2,3)16-22)23(17-36)20-6-8-21(30)9-7-20/h6-9,17-19,22-24,27,33,37H,4-5,10-16H2,1-3H3/t19-,22?,23?,24-,27?/m1/s1. The molecule has 2 heterocycles. The maximum absolute atomic E-state index is 12.6. The van der Waals surface area contributed by atoms with Crippen LogP contribution < -0.4 is 10.2 Å². The Morgan fingerprint density at radius 3 is 2.57 bits per heavy atom. The van der Waals surface area contributed by atoms with E-state index >= 15 is 0 Å². The van der Waals surface area contributed by atoms with Crippen LogP contribution in [0.5, 0.6) is 0 Å². The average molecular weight is 571 g/mol. The molecule has 1 aliphatic heterocycles. The first-order chi connectivity index (χ1) is 17.8. The average Bonchev–Trinajstić information content (AvgIpc) is 3.18. The number of fused-ring (bicyclic) bond motifs is 1. The number of piperazine rings is 1. The minimum absolute atomic E-state index is 0.0587. The first-order valence-corrected chi connectivity index (χ1v) is 14.5. The molecule has 2 aliphatic carbocycles. The highest BCUT2D eigenvalue weighted by molar-refractivity contribution is 9.10. The zero-order chi connectivity index (χ0) is 26.2. The molecule has 5 rings (SSSR count). The van der Waals surface area contributed by atoms with Gasteiger partial charge in [-0.05, 0) is 54.7 Å². The number of carbonyl (C=O) groups excluding carboxylic acids is 1. The fourth-order valence-corrected chi connectivity index (χ4v) is 6.97. The van der Waals surface area contributed by atoms with E-state index < -0.39 is 6.10 Å². The Bertz CT molecular complexity index is 1090. The van der Waals surface area contributed by atoms with Gasteiger partial charge in [-0.15, -0.1) is 0 Å². The van der Waals surface area contributed by atoms with Crippen LogP contribution in [0.4, 0.5) is 5.82 Å². The Morgan fingerprint density at radius 2 is 1.89 bits per heavy atom. The quantitative estimate of drug-likeness (QED) is 0.465. The van der Waals surface area contributed by atoms with E-state index in [0.29, 0.717) is 17.9 Å². The zero-order valence-corrected chi connectivity index (χ0v) is 23.8. The SMILES string of the molecule is C[C@@H]1C[C@@H](O)c2ncnc(N3CCN(C(NC4CCCC(C)(C)C4)C(C=O)c4ccc(Br)cc4)CC3)c21. The number of carbonyl (C=O) groups is 1. The van der Waals surface area contributed by atoms with Gasteiger partial charge in [-0.2, -0.15) is 0 Å². The van der Waals surface area contributed by atoms with Gasteiger partial charge in [-0.1, -0.05) is 55.3 Å². The van der Waals surface area contributed by atoms with Gasteiger partial charge in [0.25, 0.3) is 0 Å². The van der Waals surface area contributed by atoms with E-state index in [2.05, 4.69) is 73.9 Å². The molecule has 200 valence electrons. The molecule has 1 saturated carbocycles. The van der Waals surface area contributed by atoms with Gasteiger partial charge < -0.3 is 14.8 Å². The van der Waals surface area contributed by atoms with E-state index in [0.717, 1.165) is 72.4 Å². The number of hydrogen-bond donors (Lipinski definition) is 2. The van der Waals surface area contributed by atoms with E-state index in [1.165, 1.54) is 12.8 Å². The summed E-state index contributed by atoms with van der Waals surface area (Å²) in [7, 11) is 0. The molecule has 0 amide bonds. The van der Waals surface area contributed by atoms with Crippen LogP contribution in [-0.4, -0.2) is 64.6 Å². The molecule has 7 nitrogen and oxygen atoms in total. The molecule has 5 atom stereocenters. The van der Waals surface area contributed by atoms with E-state index in [1.807, 2.05) is 12.1 Å². The third-order valence-corrected chi connectivity index (χ3v) is 9.17. The van der Waals surface area contributed by atoms with Crippen molar-refractivity contribution in [3.63, 3.8) is 0 Å². The van der Waals surface area contributed by atoms with Crippen molar-refractivity contribution in [2.24, 2.45) is 5.41 Å². The summed E-state index contributed by atoms with van der Waals surface area (Å²) < 4.78 is 1.02. The van der Waals surface area contributed by atoms with Gasteiger partial charge in [0.05, 0.1) is 23.9 Å². The van der Waals surface area contributed by atoms with Crippen molar-refractivity contribution in [2.45, 2.75) is 83.0 Å². The van der Waals surface area contributed by atoms with Crippen LogP contribution in [0.2, 0.25) is 0 Å². The highest BCUT2D eigenvalue weighted by Gasteiger charge is 2.37. The number of aliphatic hydroxyl groups excluding tert-OH is 1. The minimum atomic E-state index is -0.499. The third kappa shape index (κ3) is 5.77. The third-order valence-electron chi connectivity index (χ3n) is 8.64. The Hall–Kier alpha value is -1.87. The molecule has 0 radical (unpaired) electrons. The predicted molar refractivity (Wildman–Crippen MR) is 150 cm³/mol. The summed E-state index contributed by atoms with van der Waals surface area (Å²) in [6.45, 7) is 10.2. The Morgan fingerprint density at radius 1 is 1.16 bits per heavy atom. The van der Waals surface area contributed by atoms with Crippen molar-refractivity contribution >= 4 is 28.0 Å². The van der Waals surface area contributed by atoms with E-state index in [9.17, 15) is 9.90 Å². The van der Waals surface area contributed by atoms with Gasteiger partial charge in [-0.25, -0.2) is 9.97 Å². The molecule has 1 aromatic carbocycles. The number of aldehydes is 1. The van der Waals surface area contributed by atoms with Crippen LogP contribution >= 0.6 is 15.9 Å². The van der Waals surface area contributed by atoms with Gasteiger partial charge in [0.1, 0.15) is 18.4 Å². The first-order valence-electron chi connectivity index (χ1n) is 13.7. The van der Waals surface area contributed by atoms with Crippen molar-refractivity contribution in [2.75, 3.05) is 31.1 Å². The molecule has 3 unspecified atom stereocenters. The monoisotopic (exact) mass is 569 g/mol. The van der Waals surface area contributed by atoms with Crippen molar-refractivity contribution in [3.8, 4) is 0 Å². The van der Waals surface area contributed by atoms with Gasteiger partial charge in [0, 0.05) is 42.3 Å².